The summed E-state index contributed by atoms with van der Waals surface area (Å²) in [5.41, 5.74) is 6.15. The van der Waals surface area contributed by atoms with E-state index < -0.39 is 0 Å². The zero-order chi connectivity index (χ0) is 16.1. The highest BCUT2D eigenvalue weighted by atomic mass is 79.9. The van der Waals surface area contributed by atoms with Gasteiger partial charge < -0.3 is 0 Å². The first-order valence-corrected chi connectivity index (χ1v) is 8.35. The number of hydrazone groups is 1. The van der Waals surface area contributed by atoms with Gasteiger partial charge in [-0.1, -0.05) is 30.3 Å². The van der Waals surface area contributed by atoms with Gasteiger partial charge in [0.2, 0.25) is 0 Å². The first kappa shape index (κ1) is 15.7. The maximum Gasteiger partial charge on any atom is 0.292 e. The molecule has 0 fully saturated rings. The standard InChI is InChI=1S/C17H17BrN4O/c18-13(10-12-6-2-1-3-7-12)11-19-22-17(23)16-14-8-4-5-9-15(14)20-21-16/h1-3,6-7,10-11H,4-5,8-9H2,(H,20,21)(H,22,23)/b13-10-,19-11+. The summed E-state index contributed by atoms with van der Waals surface area (Å²) in [5, 5.41) is 11.1. The minimum absolute atomic E-state index is 0.277. The number of allylic oxidation sites excluding steroid dienone is 1. The van der Waals surface area contributed by atoms with Gasteiger partial charge in [0.1, 0.15) is 0 Å². The number of rotatable bonds is 4. The molecule has 0 saturated heterocycles. The van der Waals surface area contributed by atoms with E-state index in [0.717, 1.165) is 47.0 Å². The molecule has 1 aliphatic rings. The van der Waals surface area contributed by atoms with Crippen molar-refractivity contribution in [1.82, 2.24) is 15.6 Å². The Morgan fingerprint density at radius 3 is 2.87 bits per heavy atom. The first-order valence-electron chi connectivity index (χ1n) is 7.56. The van der Waals surface area contributed by atoms with Crippen LogP contribution in [0.15, 0.2) is 39.9 Å². The van der Waals surface area contributed by atoms with Crippen molar-refractivity contribution in [2.45, 2.75) is 25.7 Å². The molecule has 118 valence electrons. The van der Waals surface area contributed by atoms with E-state index in [4.69, 9.17) is 0 Å². The molecule has 5 nitrogen and oxygen atoms in total. The number of hydrogen-bond donors (Lipinski definition) is 2. The molecule has 0 aliphatic heterocycles. The van der Waals surface area contributed by atoms with Crippen LogP contribution in [-0.4, -0.2) is 22.3 Å². The van der Waals surface area contributed by atoms with Crippen LogP contribution in [0.25, 0.3) is 6.08 Å². The van der Waals surface area contributed by atoms with Crippen LogP contribution in [0.2, 0.25) is 0 Å². The number of carbonyl (C=O) groups is 1. The summed E-state index contributed by atoms with van der Waals surface area (Å²) in [6.07, 6.45) is 7.59. The van der Waals surface area contributed by atoms with Crippen LogP contribution in [0, 0.1) is 0 Å². The fourth-order valence-electron chi connectivity index (χ4n) is 2.62. The van der Waals surface area contributed by atoms with Crippen LogP contribution in [-0.2, 0) is 12.8 Å². The van der Waals surface area contributed by atoms with Crippen molar-refractivity contribution >= 4 is 34.1 Å². The van der Waals surface area contributed by atoms with Crippen molar-refractivity contribution in [1.29, 1.82) is 0 Å². The Kier molecular flexibility index (Phi) is 5.02. The largest absolute Gasteiger partial charge is 0.292 e. The smallest absolute Gasteiger partial charge is 0.281 e. The second-order valence-electron chi connectivity index (χ2n) is 5.38. The summed E-state index contributed by atoms with van der Waals surface area (Å²) in [6, 6.07) is 9.87. The molecule has 1 aliphatic carbocycles. The van der Waals surface area contributed by atoms with Gasteiger partial charge in [-0.15, -0.1) is 0 Å². The monoisotopic (exact) mass is 372 g/mol. The van der Waals surface area contributed by atoms with E-state index in [-0.39, 0.29) is 5.91 Å². The van der Waals surface area contributed by atoms with Crippen LogP contribution >= 0.6 is 15.9 Å². The molecule has 2 N–H and O–H groups in total. The Labute approximate surface area is 143 Å². The fourth-order valence-corrected chi connectivity index (χ4v) is 2.99. The zero-order valence-electron chi connectivity index (χ0n) is 12.6. The van der Waals surface area contributed by atoms with Crippen molar-refractivity contribution < 1.29 is 4.79 Å². The molecule has 0 spiro atoms. The third-order valence-corrected chi connectivity index (χ3v) is 4.16. The van der Waals surface area contributed by atoms with Crippen molar-refractivity contribution in [2.75, 3.05) is 0 Å². The van der Waals surface area contributed by atoms with Crippen LogP contribution in [0.3, 0.4) is 0 Å². The molecule has 23 heavy (non-hydrogen) atoms. The average molecular weight is 373 g/mol. The molecule has 1 heterocycles. The third-order valence-electron chi connectivity index (χ3n) is 3.73. The molecule has 2 aromatic rings. The lowest BCUT2D eigenvalue weighted by atomic mass is 9.96. The molecular weight excluding hydrogens is 356 g/mol. The maximum atomic E-state index is 12.2. The van der Waals surface area contributed by atoms with Gasteiger partial charge >= 0.3 is 0 Å². The molecule has 3 rings (SSSR count). The topological polar surface area (TPSA) is 70.1 Å². The number of aromatic nitrogens is 2. The van der Waals surface area contributed by atoms with E-state index in [1.165, 1.54) is 0 Å². The lowest BCUT2D eigenvalue weighted by Gasteiger charge is -2.10. The number of aryl methyl sites for hydroxylation is 1. The van der Waals surface area contributed by atoms with Crippen LogP contribution < -0.4 is 5.43 Å². The predicted molar refractivity (Wildman–Crippen MR) is 94.5 cm³/mol. The van der Waals surface area contributed by atoms with Crippen LogP contribution in [0.1, 0.15) is 40.2 Å². The van der Waals surface area contributed by atoms with Gasteiger partial charge in [0.15, 0.2) is 5.69 Å². The second kappa shape index (κ2) is 7.37. The molecule has 1 aromatic carbocycles. The summed E-state index contributed by atoms with van der Waals surface area (Å²) in [4.78, 5) is 12.2. The molecular formula is C17H17BrN4O. The number of benzene rings is 1. The number of halogens is 1. The predicted octanol–water partition coefficient (Wildman–Crippen LogP) is 3.44. The Morgan fingerprint density at radius 1 is 1.26 bits per heavy atom. The molecule has 0 radical (unpaired) electrons. The molecule has 0 atom stereocenters. The summed E-state index contributed by atoms with van der Waals surface area (Å²) < 4.78 is 0.771. The highest BCUT2D eigenvalue weighted by Crippen LogP contribution is 2.21. The van der Waals surface area contributed by atoms with Gasteiger partial charge in [0.05, 0.1) is 6.21 Å². The minimum atomic E-state index is -0.277. The minimum Gasteiger partial charge on any atom is -0.281 e. The van der Waals surface area contributed by atoms with E-state index in [1.807, 2.05) is 36.4 Å². The normalized spacial score (nSPS) is 14.7. The Hall–Kier alpha value is -2.21. The Balaban J connectivity index is 1.63. The number of nitrogens with one attached hydrogen (secondary N) is 2. The maximum absolute atomic E-state index is 12.2. The highest BCUT2D eigenvalue weighted by molar-refractivity contribution is 9.12. The second-order valence-corrected chi connectivity index (χ2v) is 6.29. The number of fused-ring (bicyclic) bond motifs is 1. The lowest BCUT2D eigenvalue weighted by Crippen LogP contribution is -2.20. The Bertz CT molecular complexity index is 749. The van der Waals surface area contributed by atoms with Gasteiger partial charge in [0, 0.05) is 15.7 Å². The third kappa shape index (κ3) is 3.96. The van der Waals surface area contributed by atoms with Crippen molar-refractivity contribution in [2.24, 2.45) is 5.10 Å². The molecule has 0 unspecified atom stereocenters. The molecule has 0 saturated carbocycles. The molecule has 1 aromatic heterocycles. The number of nitrogens with zero attached hydrogens (tertiary/aromatic N) is 2. The first-order chi connectivity index (χ1) is 11.2. The highest BCUT2D eigenvalue weighted by Gasteiger charge is 2.21. The lowest BCUT2D eigenvalue weighted by molar-refractivity contribution is 0.0949. The van der Waals surface area contributed by atoms with E-state index >= 15 is 0 Å². The summed E-state index contributed by atoms with van der Waals surface area (Å²) >= 11 is 3.41. The number of hydrogen-bond acceptors (Lipinski definition) is 3. The van der Waals surface area contributed by atoms with Crippen molar-refractivity contribution in [3.05, 3.63) is 57.3 Å². The van der Waals surface area contributed by atoms with Gasteiger partial charge in [-0.2, -0.15) is 10.2 Å². The van der Waals surface area contributed by atoms with E-state index in [9.17, 15) is 4.79 Å². The fraction of sp³-hybridized carbons (Fsp3) is 0.235. The number of H-pyrrole nitrogens is 1. The quantitative estimate of drug-likeness (QED) is 0.637. The summed E-state index contributed by atoms with van der Waals surface area (Å²) in [6.45, 7) is 0. The van der Waals surface area contributed by atoms with Crippen molar-refractivity contribution in [3.8, 4) is 0 Å². The average Bonchev–Trinajstić information content (AvgIpc) is 3.00. The van der Waals surface area contributed by atoms with Crippen LogP contribution in [0.4, 0.5) is 0 Å². The van der Waals surface area contributed by atoms with Crippen molar-refractivity contribution in [3.63, 3.8) is 0 Å². The van der Waals surface area contributed by atoms with E-state index in [0.29, 0.717) is 5.69 Å². The number of carbonyl (C=O) groups excluding carboxylic acids is 1. The van der Waals surface area contributed by atoms with Gasteiger partial charge in [-0.05, 0) is 53.3 Å². The summed E-state index contributed by atoms with van der Waals surface area (Å²) in [7, 11) is 0. The van der Waals surface area contributed by atoms with Crippen LogP contribution in [0.5, 0.6) is 0 Å². The Morgan fingerprint density at radius 2 is 2.04 bits per heavy atom. The zero-order valence-corrected chi connectivity index (χ0v) is 14.1. The summed E-state index contributed by atoms with van der Waals surface area (Å²) in [5.74, 6) is -0.277. The number of amides is 1. The van der Waals surface area contributed by atoms with Gasteiger partial charge in [0.25, 0.3) is 5.91 Å². The van der Waals surface area contributed by atoms with E-state index in [2.05, 4.69) is 36.7 Å². The van der Waals surface area contributed by atoms with Gasteiger partial charge in [-0.25, -0.2) is 5.43 Å². The van der Waals surface area contributed by atoms with Gasteiger partial charge in [-0.3, -0.25) is 9.89 Å². The SMILES string of the molecule is O=C(N/N=C/C(Br)=C/c1ccccc1)c1n[nH]c2c1CCCC2. The molecule has 1 amide bonds. The molecule has 0 bridgehead atoms. The van der Waals surface area contributed by atoms with E-state index in [1.54, 1.807) is 6.21 Å². The number of aromatic amines is 1. The molecule has 6 heteroatoms.